The quantitative estimate of drug-likeness (QED) is 0.768. The minimum absolute atomic E-state index is 0.185. The molecule has 1 aromatic carbocycles. The molecule has 1 rings (SSSR count). The van der Waals surface area contributed by atoms with E-state index in [-0.39, 0.29) is 11.3 Å². The number of ether oxygens (including phenoxy) is 1. The molecule has 21 heavy (non-hydrogen) atoms. The number of carbonyl (C=O) groups excluding carboxylic acids is 2. The molecule has 0 heterocycles. The summed E-state index contributed by atoms with van der Waals surface area (Å²) >= 11 is 0. The number of nitrogens with one attached hydrogen (secondary N) is 2. The highest BCUT2D eigenvalue weighted by atomic mass is 19.1. The number of hydrogen-bond donors (Lipinski definition) is 3. The Labute approximate surface area is 122 Å². The van der Waals surface area contributed by atoms with Gasteiger partial charge in [-0.05, 0) is 39.0 Å². The molecule has 3 N–H and O–H groups in total. The van der Waals surface area contributed by atoms with E-state index in [0.717, 1.165) is 12.1 Å². The number of urea groups is 1. The monoisotopic (exact) mass is 298 g/mol. The highest BCUT2D eigenvalue weighted by Gasteiger charge is 2.20. The topological polar surface area (TPSA) is 87.7 Å². The van der Waals surface area contributed by atoms with Gasteiger partial charge < -0.3 is 15.2 Å². The molecule has 0 aliphatic rings. The second-order valence-corrected chi connectivity index (χ2v) is 4.47. The molecule has 3 amide bonds. The molecular formula is C14H19FN2O4. The van der Waals surface area contributed by atoms with E-state index in [0.29, 0.717) is 6.54 Å². The lowest BCUT2D eigenvalue weighted by Gasteiger charge is -2.18. The van der Waals surface area contributed by atoms with Gasteiger partial charge in [0.05, 0.1) is 6.10 Å². The lowest BCUT2D eigenvalue weighted by atomic mass is 10.1. The van der Waals surface area contributed by atoms with E-state index < -0.39 is 30.0 Å². The standard InChI is InChI=1S/C14H19FN2O4/c1-4-16-14(20)17-13(19)9(3)21-12-6-5-10(15)7-11(12)8(2)18/h5-9,18H,4H2,1-3H3,(H2,16,17,19,20)/t8-,9?/m1/s1. The van der Waals surface area contributed by atoms with Gasteiger partial charge in [0.25, 0.3) is 5.91 Å². The van der Waals surface area contributed by atoms with Crippen LogP contribution in [0.25, 0.3) is 0 Å². The van der Waals surface area contributed by atoms with Crippen molar-refractivity contribution >= 4 is 11.9 Å². The van der Waals surface area contributed by atoms with E-state index in [1.54, 1.807) is 6.92 Å². The fraction of sp³-hybridized carbons (Fsp3) is 0.429. The van der Waals surface area contributed by atoms with Gasteiger partial charge in [0.1, 0.15) is 11.6 Å². The SMILES string of the molecule is CCNC(=O)NC(=O)C(C)Oc1ccc(F)cc1[C@@H](C)O. The van der Waals surface area contributed by atoms with Crippen LogP contribution in [-0.4, -0.2) is 29.7 Å². The Morgan fingerprint density at radius 1 is 1.38 bits per heavy atom. The van der Waals surface area contributed by atoms with Crippen LogP contribution in [0.5, 0.6) is 5.75 Å². The molecule has 0 saturated heterocycles. The van der Waals surface area contributed by atoms with Gasteiger partial charge in [-0.3, -0.25) is 10.1 Å². The summed E-state index contributed by atoms with van der Waals surface area (Å²) in [5.74, 6) is -0.968. The van der Waals surface area contributed by atoms with Crippen LogP contribution in [-0.2, 0) is 4.79 Å². The summed E-state index contributed by atoms with van der Waals surface area (Å²) in [6.45, 7) is 5.01. The van der Waals surface area contributed by atoms with Crippen LogP contribution in [0, 0.1) is 5.82 Å². The van der Waals surface area contributed by atoms with Crippen molar-refractivity contribution in [3.05, 3.63) is 29.6 Å². The highest BCUT2D eigenvalue weighted by molar-refractivity contribution is 5.96. The Morgan fingerprint density at radius 2 is 2.05 bits per heavy atom. The zero-order valence-corrected chi connectivity index (χ0v) is 12.1. The number of amides is 3. The maximum absolute atomic E-state index is 13.2. The van der Waals surface area contributed by atoms with Crippen LogP contribution in [0.2, 0.25) is 0 Å². The number of benzene rings is 1. The predicted octanol–water partition coefficient (Wildman–Crippen LogP) is 1.49. The van der Waals surface area contributed by atoms with Crippen molar-refractivity contribution in [3.8, 4) is 5.75 Å². The second kappa shape index (κ2) is 7.58. The van der Waals surface area contributed by atoms with Crippen molar-refractivity contribution in [3.63, 3.8) is 0 Å². The van der Waals surface area contributed by atoms with Crippen LogP contribution in [0.4, 0.5) is 9.18 Å². The Balaban J connectivity index is 2.76. The molecule has 7 heteroatoms. The van der Waals surface area contributed by atoms with E-state index in [4.69, 9.17) is 4.74 Å². The Kier molecular flexibility index (Phi) is 6.10. The zero-order valence-electron chi connectivity index (χ0n) is 12.1. The fourth-order valence-corrected chi connectivity index (χ4v) is 1.62. The zero-order chi connectivity index (χ0) is 16.0. The van der Waals surface area contributed by atoms with Crippen molar-refractivity contribution in [2.75, 3.05) is 6.54 Å². The number of rotatable bonds is 5. The summed E-state index contributed by atoms with van der Waals surface area (Å²) in [5.41, 5.74) is 0.229. The first-order chi connectivity index (χ1) is 9.85. The number of halogens is 1. The van der Waals surface area contributed by atoms with Crippen LogP contribution in [0.1, 0.15) is 32.4 Å². The van der Waals surface area contributed by atoms with E-state index in [1.165, 1.54) is 19.9 Å². The number of carbonyl (C=O) groups is 2. The Bertz CT molecular complexity index is 520. The summed E-state index contributed by atoms with van der Waals surface area (Å²) < 4.78 is 18.5. The van der Waals surface area contributed by atoms with Crippen molar-refractivity contribution < 1.29 is 23.8 Å². The molecule has 0 saturated carbocycles. The summed E-state index contributed by atoms with van der Waals surface area (Å²) in [5, 5.41) is 14.1. The second-order valence-electron chi connectivity index (χ2n) is 4.47. The maximum Gasteiger partial charge on any atom is 0.321 e. The van der Waals surface area contributed by atoms with E-state index >= 15 is 0 Å². The van der Waals surface area contributed by atoms with E-state index in [1.807, 2.05) is 0 Å². The first-order valence-electron chi connectivity index (χ1n) is 6.58. The first-order valence-corrected chi connectivity index (χ1v) is 6.58. The molecule has 116 valence electrons. The summed E-state index contributed by atoms with van der Waals surface area (Å²) in [6.07, 6.45) is -1.93. The summed E-state index contributed by atoms with van der Waals surface area (Å²) in [6, 6.07) is 3.00. The lowest BCUT2D eigenvalue weighted by molar-refractivity contribution is -0.126. The van der Waals surface area contributed by atoms with Gasteiger partial charge in [0, 0.05) is 12.1 Å². The third-order valence-corrected chi connectivity index (χ3v) is 2.67. The van der Waals surface area contributed by atoms with Gasteiger partial charge >= 0.3 is 6.03 Å². The molecule has 0 spiro atoms. The van der Waals surface area contributed by atoms with Gasteiger partial charge in [-0.15, -0.1) is 0 Å². The molecule has 0 fully saturated rings. The summed E-state index contributed by atoms with van der Waals surface area (Å²) in [7, 11) is 0. The number of imide groups is 1. The number of aliphatic hydroxyl groups excluding tert-OH is 1. The van der Waals surface area contributed by atoms with Gasteiger partial charge in [0.15, 0.2) is 6.10 Å². The van der Waals surface area contributed by atoms with Gasteiger partial charge in [-0.25, -0.2) is 9.18 Å². The van der Waals surface area contributed by atoms with Crippen LogP contribution < -0.4 is 15.4 Å². The smallest absolute Gasteiger partial charge is 0.321 e. The van der Waals surface area contributed by atoms with Gasteiger partial charge in [0.2, 0.25) is 0 Å². The van der Waals surface area contributed by atoms with Crippen molar-refractivity contribution in [1.82, 2.24) is 10.6 Å². The third kappa shape index (κ3) is 5.03. The van der Waals surface area contributed by atoms with Gasteiger partial charge in [-0.1, -0.05) is 0 Å². The van der Waals surface area contributed by atoms with Gasteiger partial charge in [-0.2, -0.15) is 0 Å². The molecule has 0 bridgehead atoms. The first kappa shape index (κ1) is 16.9. The predicted molar refractivity (Wildman–Crippen MR) is 74.3 cm³/mol. The van der Waals surface area contributed by atoms with Crippen LogP contribution >= 0.6 is 0 Å². The van der Waals surface area contributed by atoms with Crippen molar-refractivity contribution in [1.29, 1.82) is 0 Å². The molecule has 6 nitrogen and oxygen atoms in total. The largest absolute Gasteiger partial charge is 0.480 e. The van der Waals surface area contributed by atoms with Crippen LogP contribution in [0.3, 0.4) is 0 Å². The average Bonchev–Trinajstić information content (AvgIpc) is 2.40. The molecule has 1 unspecified atom stereocenters. The van der Waals surface area contributed by atoms with Crippen molar-refractivity contribution in [2.24, 2.45) is 0 Å². The molecule has 0 radical (unpaired) electrons. The minimum Gasteiger partial charge on any atom is -0.480 e. The van der Waals surface area contributed by atoms with E-state index in [2.05, 4.69) is 10.6 Å². The third-order valence-electron chi connectivity index (χ3n) is 2.67. The highest BCUT2D eigenvalue weighted by Crippen LogP contribution is 2.26. The average molecular weight is 298 g/mol. The van der Waals surface area contributed by atoms with E-state index in [9.17, 15) is 19.1 Å². The fourth-order valence-electron chi connectivity index (χ4n) is 1.62. The van der Waals surface area contributed by atoms with Crippen LogP contribution in [0.15, 0.2) is 18.2 Å². The normalized spacial score (nSPS) is 13.2. The maximum atomic E-state index is 13.2. The Hall–Kier alpha value is -2.15. The molecule has 2 atom stereocenters. The number of hydrogen-bond acceptors (Lipinski definition) is 4. The minimum atomic E-state index is -0.976. The molecule has 0 aromatic heterocycles. The molecule has 1 aromatic rings. The number of aliphatic hydroxyl groups is 1. The molecule has 0 aliphatic heterocycles. The Morgan fingerprint density at radius 3 is 2.62 bits per heavy atom. The molecular weight excluding hydrogens is 279 g/mol. The molecule has 0 aliphatic carbocycles. The summed E-state index contributed by atoms with van der Waals surface area (Å²) in [4.78, 5) is 23.0. The lowest BCUT2D eigenvalue weighted by Crippen LogP contribution is -2.45. The van der Waals surface area contributed by atoms with Crippen molar-refractivity contribution in [2.45, 2.75) is 33.0 Å².